The molecule has 1 unspecified atom stereocenters. The van der Waals surface area contributed by atoms with Gasteiger partial charge in [-0.25, -0.2) is 4.39 Å². The molecule has 1 aliphatic rings. The summed E-state index contributed by atoms with van der Waals surface area (Å²) >= 11 is 0. The Hall–Kier alpha value is -3.10. The van der Waals surface area contributed by atoms with Gasteiger partial charge >= 0.3 is 0 Å². The highest BCUT2D eigenvalue weighted by Crippen LogP contribution is 2.50. The zero-order chi connectivity index (χ0) is 24.8. The van der Waals surface area contributed by atoms with Crippen molar-refractivity contribution in [2.45, 2.75) is 57.1 Å². The highest BCUT2D eigenvalue weighted by molar-refractivity contribution is 6.02. The smallest absolute Gasteiger partial charge is 0.235 e. The number of hydrogen-bond acceptors (Lipinski definition) is 5. The number of anilines is 1. The molecule has 0 bridgehead atoms. The summed E-state index contributed by atoms with van der Waals surface area (Å²) in [5, 5.41) is 32.9. The van der Waals surface area contributed by atoms with Crippen molar-refractivity contribution < 1.29 is 29.2 Å². The van der Waals surface area contributed by atoms with Crippen LogP contribution in [-0.2, 0) is 26.9 Å². The fourth-order valence-corrected chi connectivity index (χ4v) is 4.38. The van der Waals surface area contributed by atoms with E-state index in [4.69, 9.17) is 4.74 Å². The van der Waals surface area contributed by atoms with Crippen molar-refractivity contribution in [2.24, 2.45) is 0 Å². The first kappa shape index (κ1) is 24.0. The first-order valence-corrected chi connectivity index (χ1v) is 11.3. The molecule has 1 atom stereocenters. The molecule has 4 rings (SSSR count). The Kier molecular flexibility index (Phi) is 6.08. The molecule has 0 spiro atoms. The van der Waals surface area contributed by atoms with Crippen LogP contribution in [0.4, 0.5) is 10.1 Å². The number of aliphatic hydroxyl groups excluding tert-OH is 1. The number of carbonyl (C=O) groups excluding carboxylic acids is 1. The number of hydrogen-bond donors (Lipinski definition) is 4. The topological polar surface area (TPSA) is 104 Å². The molecular formula is C26H31FN2O5. The number of methoxy groups -OCH3 is 1. The molecule has 1 amide bonds. The lowest BCUT2D eigenvalue weighted by Crippen LogP contribution is -2.28. The zero-order valence-electron chi connectivity index (χ0n) is 19.9. The summed E-state index contributed by atoms with van der Waals surface area (Å²) in [7, 11) is 1.61. The molecule has 1 aromatic heterocycles. The third kappa shape index (κ3) is 4.12. The number of aliphatic hydroxyl groups is 1. The van der Waals surface area contributed by atoms with Gasteiger partial charge in [0.2, 0.25) is 5.91 Å². The molecule has 1 aliphatic carbocycles. The van der Waals surface area contributed by atoms with Crippen molar-refractivity contribution in [1.29, 1.82) is 0 Å². The maximum Gasteiger partial charge on any atom is 0.235 e. The molecule has 1 heterocycles. The van der Waals surface area contributed by atoms with E-state index in [0.29, 0.717) is 30.5 Å². The maximum atomic E-state index is 15.2. The molecule has 0 saturated heterocycles. The number of phenols is 2. The Balaban J connectivity index is 1.71. The normalized spacial score (nSPS) is 15.9. The van der Waals surface area contributed by atoms with Gasteiger partial charge in [-0.1, -0.05) is 19.9 Å². The summed E-state index contributed by atoms with van der Waals surface area (Å²) in [5.41, 5.74) is 0.711. The Morgan fingerprint density at radius 2 is 1.91 bits per heavy atom. The molecule has 4 N–H and O–H groups in total. The molecule has 0 aliphatic heterocycles. The van der Waals surface area contributed by atoms with Crippen LogP contribution in [0.2, 0.25) is 0 Å². The number of phenolic OH excluding ortho intramolecular Hbond substituents is 2. The fourth-order valence-electron chi connectivity index (χ4n) is 4.38. The van der Waals surface area contributed by atoms with Gasteiger partial charge in [0.05, 0.1) is 29.3 Å². The lowest BCUT2D eigenvalue weighted by atomic mass is 9.90. The van der Waals surface area contributed by atoms with Crippen LogP contribution >= 0.6 is 0 Å². The second-order valence-corrected chi connectivity index (χ2v) is 9.86. The molecular weight excluding hydrogens is 439 g/mol. The molecule has 7 nitrogen and oxygen atoms in total. The summed E-state index contributed by atoms with van der Waals surface area (Å²) in [6, 6.07) is 9.24. The number of benzene rings is 2. The minimum absolute atomic E-state index is 0.0667. The van der Waals surface area contributed by atoms with Crippen LogP contribution in [0.3, 0.4) is 0 Å². The number of carbonyl (C=O) groups is 1. The van der Waals surface area contributed by atoms with Crippen molar-refractivity contribution in [2.75, 3.05) is 19.0 Å². The van der Waals surface area contributed by atoms with Crippen molar-refractivity contribution >= 4 is 22.5 Å². The number of ether oxygens (including phenoxy) is 1. The predicted octanol–water partition coefficient (Wildman–Crippen LogP) is 4.17. The van der Waals surface area contributed by atoms with E-state index in [1.165, 1.54) is 18.2 Å². The second kappa shape index (κ2) is 8.60. The summed E-state index contributed by atoms with van der Waals surface area (Å²) in [6.07, 6.45) is 1.00. The Morgan fingerprint density at radius 1 is 1.21 bits per heavy atom. The third-order valence-electron chi connectivity index (χ3n) is 6.88. The molecule has 1 saturated carbocycles. The minimum atomic E-state index is -0.865. The van der Waals surface area contributed by atoms with E-state index in [1.807, 2.05) is 31.4 Å². The Labute approximate surface area is 197 Å². The number of amides is 1. The standard InChI is InChI=1S/C26H31FN2O5/c1-15(34-4)13-29-20-12-18(27)19(9-16(20)10-23(29)25(2,3)14-30)28-24(33)26(7-8-26)17-5-6-21(31)22(32)11-17/h5-6,9-12,15,30-32H,7-8,13-14H2,1-4H3,(H,28,33). The van der Waals surface area contributed by atoms with Gasteiger partial charge in [-0.2, -0.15) is 0 Å². The van der Waals surface area contributed by atoms with Crippen LogP contribution < -0.4 is 5.32 Å². The zero-order valence-corrected chi connectivity index (χ0v) is 19.9. The molecule has 34 heavy (non-hydrogen) atoms. The fraction of sp³-hybridized carbons (Fsp3) is 0.423. The van der Waals surface area contributed by atoms with Crippen LogP contribution in [0.1, 0.15) is 44.9 Å². The van der Waals surface area contributed by atoms with Gasteiger partial charge in [-0.05, 0) is 49.6 Å². The molecule has 0 radical (unpaired) electrons. The van der Waals surface area contributed by atoms with E-state index < -0.39 is 16.6 Å². The Bertz CT molecular complexity index is 1250. The first-order valence-electron chi connectivity index (χ1n) is 11.3. The maximum absolute atomic E-state index is 15.2. The predicted molar refractivity (Wildman–Crippen MR) is 128 cm³/mol. The van der Waals surface area contributed by atoms with E-state index >= 15 is 4.39 Å². The second-order valence-electron chi connectivity index (χ2n) is 9.86. The lowest BCUT2D eigenvalue weighted by Gasteiger charge is -2.26. The molecule has 8 heteroatoms. The van der Waals surface area contributed by atoms with Crippen molar-refractivity contribution in [3.63, 3.8) is 0 Å². The van der Waals surface area contributed by atoms with Crippen LogP contribution in [0.25, 0.3) is 10.9 Å². The van der Waals surface area contributed by atoms with Gasteiger partial charge in [0.1, 0.15) is 5.82 Å². The number of aromatic nitrogens is 1. The van der Waals surface area contributed by atoms with E-state index in [2.05, 4.69) is 5.32 Å². The summed E-state index contributed by atoms with van der Waals surface area (Å²) in [6.45, 7) is 6.15. The van der Waals surface area contributed by atoms with Crippen molar-refractivity contribution in [3.05, 3.63) is 53.5 Å². The van der Waals surface area contributed by atoms with Crippen LogP contribution in [0, 0.1) is 5.82 Å². The quantitative estimate of drug-likeness (QED) is 0.370. The molecule has 182 valence electrons. The van der Waals surface area contributed by atoms with Crippen LogP contribution in [-0.4, -0.2) is 45.6 Å². The van der Waals surface area contributed by atoms with E-state index in [1.54, 1.807) is 19.2 Å². The average molecular weight is 471 g/mol. The molecule has 2 aromatic carbocycles. The highest BCUT2D eigenvalue weighted by atomic mass is 19.1. The first-order chi connectivity index (χ1) is 16.0. The van der Waals surface area contributed by atoms with Gasteiger partial charge < -0.3 is 29.9 Å². The number of nitrogens with zero attached hydrogens (tertiary/aromatic N) is 1. The van der Waals surface area contributed by atoms with Crippen molar-refractivity contribution in [1.82, 2.24) is 4.57 Å². The van der Waals surface area contributed by atoms with E-state index in [0.717, 1.165) is 11.1 Å². The van der Waals surface area contributed by atoms with Gasteiger partial charge in [0, 0.05) is 36.2 Å². The Morgan fingerprint density at radius 3 is 2.50 bits per heavy atom. The van der Waals surface area contributed by atoms with Gasteiger partial charge in [-0.15, -0.1) is 0 Å². The van der Waals surface area contributed by atoms with Gasteiger partial charge in [-0.3, -0.25) is 4.79 Å². The number of nitrogens with one attached hydrogen (secondary N) is 1. The van der Waals surface area contributed by atoms with Crippen LogP contribution in [0.5, 0.6) is 11.5 Å². The monoisotopic (exact) mass is 470 g/mol. The lowest BCUT2D eigenvalue weighted by molar-refractivity contribution is -0.118. The third-order valence-corrected chi connectivity index (χ3v) is 6.88. The summed E-state index contributed by atoms with van der Waals surface area (Å²) in [4.78, 5) is 13.2. The minimum Gasteiger partial charge on any atom is -0.504 e. The van der Waals surface area contributed by atoms with E-state index in [9.17, 15) is 20.1 Å². The van der Waals surface area contributed by atoms with Gasteiger partial charge in [0.25, 0.3) is 0 Å². The number of aromatic hydroxyl groups is 2. The van der Waals surface area contributed by atoms with Crippen LogP contribution in [0.15, 0.2) is 36.4 Å². The summed E-state index contributed by atoms with van der Waals surface area (Å²) < 4.78 is 22.6. The van der Waals surface area contributed by atoms with Gasteiger partial charge in [0.15, 0.2) is 11.5 Å². The number of halogens is 1. The number of fused-ring (bicyclic) bond motifs is 1. The largest absolute Gasteiger partial charge is 0.504 e. The summed E-state index contributed by atoms with van der Waals surface area (Å²) in [5.74, 6) is -1.48. The average Bonchev–Trinajstić information content (AvgIpc) is 3.55. The molecule has 1 fully saturated rings. The SMILES string of the molecule is COC(C)Cn1c(C(C)(C)CO)cc2cc(NC(=O)C3(c4ccc(O)c(O)c4)CC3)c(F)cc21. The number of rotatable bonds is 8. The highest BCUT2D eigenvalue weighted by Gasteiger charge is 2.51. The van der Waals surface area contributed by atoms with Crippen molar-refractivity contribution in [3.8, 4) is 11.5 Å². The van der Waals surface area contributed by atoms with E-state index in [-0.39, 0.29) is 35.8 Å². The molecule has 3 aromatic rings.